The predicted octanol–water partition coefficient (Wildman–Crippen LogP) is 1.46. The number of hydrogen-bond acceptors (Lipinski definition) is 2. The highest BCUT2D eigenvalue weighted by Crippen LogP contribution is 2.36. The molecule has 0 heterocycles. The molecule has 1 aliphatic carbocycles. The summed E-state index contributed by atoms with van der Waals surface area (Å²) in [4.78, 5) is 12.0. The molecule has 1 aliphatic rings. The zero-order valence-electron chi connectivity index (χ0n) is 9.45. The number of nitrogens with two attached hydrogens (primary N) is 1. The number of hydrogen-bond donors (Lipinski definition) is 2. The standard InChI is InChI=1S/C11H20N2OS/c1-3-9(10(12)15)11(14)13-6-7(2)8-4-5-8/h7-9H,3-6H2,1-2H3,(H2,12,15)(H,13,14). The molecule has 0 bridgehead atoms. The molecule has 3 nitrogen and oxygen atoms in total. The SMILES string of the molecule is CCC(C(=O)NCC(C)C1CC1)C(N)=S. The van der Waals surface area contributed by atoms with Crippen LogP contribution in [0.1, 0.15) is 33.1 Å². The topological polar surface area (TPSA) is 55.1 Å². The Hall–Kier alpha value is -0.640. The van der Waals surface area contributed by atoms with E-state index in [4.69, 9.17) is 18.0 Å². The van der Waals surface area contributed by atoms with Crippen LogP contribution in [0, 0.1) is 17.8 Å². The van der Waals surface area contributed by atoms with Gasteiger partial charge in [-0.25, -0.2) is 0 Å². The molecule has 3 N–H and O–H groups in total. The van der Waals surface area contributed by atoms with Gasteiger partial charge in [0.15, 0.2) is 0 Å². The molecule has 2 unspecified atom stereocenters. The molecule has 2 atom stereocenters. The van der Waals surface area contributed by atoms with Gasteiger partial charge in [0.25, 0.3) is 0 Å². The highest BCUT2D eigenvalue weighted by atomic mass is 32.1. The van der Waals surface area contributed by atoms with Crippen molar-refractivity contribution in [1.29, 1.82) is 0 Å². The predicted molar refractivity (Wildman–Crippen MR) is 65.5 cm³/mol. The first-order valence-corrected chi connectivity index (χ1v) is 6.04. The number of thiocarbonyl (C=S) groups is 1. The van der Waals surface area contributed by atoms with Crippen LogP contribution in [0.2, 0.25) is 0 Å². The summed E-state index contributed by atoms with van der Waals surface area (Å²) in [6.07, 6.45) is 3.30. The van der Waals surface area contributed by atoms with Crippen LogP contribution in [-0.2, 0) is 4.79 Å². The molecule has 1 saturated carbocycles. The van der Waals surface area contributed by atoms with Crippen molar-refractivity contribution in [3.05, 3.63) is 0 Å². The Morgan fingerprint density at radius 3 is 2.60 bits per heavy atom. The molecule has 86 valence electrons. The van der Waals surface area contributed by atoms with E-state index < -0.39 is 0 Å². The van der Waals surface area contributed by atoms with Crippen LogP contribution < -0.4 is 11.1 Å². The summed E-state index contributed by atoms with van der Waals surface area (Å²) in [7, 11) is 0. The maximum Gasteiger partial charge on any atom is 0.229 e. The number of rotatable bonds is 6. The fourth-order valence-corrected chi connectivity index (χ4v) is 2.01. The molecule has 1 rings (SSSR count). The second-order valence-corrected chi connectivity index (χ2v) is 4.89. The average Bonchev–Trinajstić information content (AvgIpc) is 2.97. The molecule has 0 spiro atoms. The van der Waals surface area contributed by atoms with E-state index in [0.29, 0.717) is 17.3 Å². The third-order valence-corrected chi connectivity index (χ3v) is 3.38. The summed E-state index contributed by atoms with van der Waals surface area (Å²) in [6, 6.07) is 0. The van der Waals surface area contributed by atoms with Gasteiger partial charge in [-0.2, -0.15) is 0 Å². The van der Waals surface area contributed by atoms with E-state index in [2.05, 4.69) is 12.2 Å². The molecule has 15 heavy (non-hydrogen) atoms. The lowest BCUT2D eigenvalue weighted by molar-refractivity contribution is -0.123. The lowest BCUT2D eigenvalue weighted by atomic mass is 10.0. The van der Waals surface area contributed by atoms with Crippen LogP contribution in [0.4, 0.5) is 0 Å². The zero-order chi connectivity index (χ0) is 11.4. The molecule has 0 saturated heterocycles. The molecule has 0 aliphatic heterocycles. The molecular formula is C11H20N2OS. The highest BCUT2D eigenvalue weighted by molar-refractivity contribution is 7.80. The number of amides is 1. The van der Waals surface area contributed by atoms with Gasteiger partial charge in [0.05, 0.1) is 10.9 Å². The van der Waals surface area contributed by atoms with Crippen molar-refractivity contribution in [2.24, 2.45) is 23.5 Å². The second kappa shape index (κ2) is 5.45. The van der Waals surface area contributed by atoms with Crippen LogP contribution in [0.3, 0.4) is 0 Å². The lowest BCUT2D eigenvalue weighted by Gasteiger charge is -2.16. The second-order valence-electron chi connectivity index (χ2n) is 4.42. The summed E-state index contributed by atoms with van der Waals surface area (Å²) in [5, 5.41) is 2.93. The van der Waals surface area contributed by atoms with Crippen LogP contribution in [0.15, 0.2) is 0 Å². The molecule has 1 amide bonds. The van der Waals surface area contributed by atoms with Gasteiger partial charge in [0.2, 0.25) is 5.91 Å². The van der Waals surface area contributed by atoms with Crippen molar-refractivity contribution < 1.29 is 4.79 Å². The molecule has 4 heteroatoms. The summed E-state index contributed by atoms with van der Waals surface area (Å²) >= 11 is 4.85. The van der Waals surface area contributed by atoms with Crippen molar-refractivity contribution in [3.8, 4) is 0 Å². The van der Waals surface area contributed by atoms with Gasteiger partial charge in [-0.15, -0.1) is 0 Å². The van der Waals surface area contributed by atoms with Crippen molar-refractivity contribution in [1.82, 2.24) is 5.32 Å². The van der Waals surface area contributed by atoms with E-state index >= 15 is 0 Å². The van der Waals surface area contributed by atoms with Crippen LogP contribution in [0.5, 0.6) is 0 Å². The van der Waals surface area contributed by atoms with E-state index in [1.165, 1.54) is 12.8 Å². The summed E-state index contributed by atoms with van der Waals surface area (Å²) < 4.78 is 0. The number of nitrogens with one attached hydrogen (secondary N) is 1. The van der Waals surface area contributed by atoms with Gasteiger partial charge in [-0.05, 0) is 31.1 Å². The molecule has 0 aromatic carbocycles. The molecular weight excluding hydrogens is 208 g/mol. The Balaban J connectivity index is 2.29. The molecule has 1 fully saturated rings. The van der Waals surface area contributed by atoms with E-state index in [9.17, 15) is 4.79 Å². The highest BCUT2D eigenvalue weighted by Gasteiger charge is 2.28. The molecule has 0 aromatic rings. The van der Waals surface area contributed by atoms with Crippen LogP contribution in [0.25, 0.3) is 0 Å². The Morgan fingerprint density at radius 2 is 2.20 bits per heavy atom. The van der Waals surface area contributed by atoms with Gasteiger partial charge in [-0.3, -0.25) is 4.79 Å². The summed E-state index contributed by atoms with van der Waals surface area (Å²) in [6.45, 7) is 4.86. The monoisotopic (exact) mass is 228 g/mol. The van der Waals surface area contributed by atoms with Crippen molar-refractivity contribution >= 4 is 23.1 Å². The van der Waals surface area contributed by atoms with Crippen LogP contribution in [-0.4, -0.2) is 17.4 Å². The minimum absolute atomic E-state index is 0.0162. The molecule has 0 aromatic heterocycles. The fraction of sp³-hybridized carbons (Fsp3) is 0.818. The van der Waals surface area contributed by atoms with Gasteiger partial charge in [0, 0.05) is 6.54 Å². The smallest absolute Gasteiger partial charge is 0.229 e. The van der Waals surface area contributed by atoms with Crippen molar-refractivity contribution in [2.75, 3.05) is 6.54 Å². The quantitative estimate of drug-likeness (QED) is 0.677. The lowest BCUT2D eigenvalue weighted by Crippen LogP contribution is -2.39. The van der Waals surface area contributed by atoms with Crippen LogP contribution >= 0.6 is 12.2 Å². The third kappa shape index (κ3) is 3.78. The summed E-state index contributed by atoms with van der Waals surface area (Å²) in [5.74, 6) is 1.08. The maximum atomic E-state index is 11.7. The fourth-order valence-electron chi connectivity index (χ4n) is 1.73. The normalized spacial score (nSPS) is 19.3. The Labute approximate surface area is 96.8 Å². The first-order valence-electron chi connectivity index (χ1n) is 5.63. The third-order valence-electron chi connectivity index (χ3n) is 3.09. The van der Waals surface area contributed by atoms with Gasteiger partial charge >= 0.3 is 0 Å². The van der Waals surface area contributed by atoms with E-state index in [0.717, 1.165) is 12.5 Å². The van der Waals surface area contributed by atoms with Crippen molar-refractivity contribution in [2.45, 2.75) is 33.1 Å². The average molecular weight is 228 g/mol. The summed E-state index contributed by atoms with van der Waals surface area (Å²) in [5.41, 5.74) is 5.50. The molecule has 0 radical (unpaired) electrons. The Bertz CT molecular complexity index is 251. The van der Waals surface area contributed by atoms with E-state index in [1.807, 2.05) is 6.92 Å². The van der Waals surface area contributed by atoms with Crippen molar-refractivity contribution in [3.63, 3.8) is 0 Å². The van der Waals surface area contributed by atoms with E-state index in [1.54, 1.807) is 0 Å². The minimum atomic E-state index is -0.300. The Morgan fingerprint density at radius 1 is 1.60 bits per heavy atom. The van der Waals surface area contributed by atoms with Gasteiger partial charge in [-0.1, -0.05) is 26.1 Å². The number of carbonyl (C=O) groups excluding carboxylic acids is 1. The first kappa shape index (κ1) is 12.4. The minimum Gasteiger partial charge on any atom is -0.393 e. The largest absolute Gasteiger partial charge is 0.393 e. The maximum absolute atomic E-state index is 11.7. The first-order chi connectivity index (χ1) is 7.06. The van der Waals surface area contributed by atoms with Gasteiger partial charge in [0.1, 0.15) is 0 Å². The Kier molecular flexibility index (Phi) is 4.51. The number of carbonyl (C=O) groups is 1. The zero-order valence-corrected chi connectivity index (χ0v) is 10.3. The van der Waals surface area contributed by atoms with E-state index in [-0.39, 0.29) is 11.8 Å². The van der Waals surface area contributed by atoms with Gasteiger partial charge < -0.3 is 11.1 Å².